The quantitative estimate of drug-likeness (QED) is 0.523. The van der Waals surface area contributed by atoms with Gasteiger partial charge in [0.25, 0.3) is 0 Å². The summed E-state index contributed by atoms with van der Waals surface area (Å²) in [5, 5.41) is 0. The number of hydrogen-bond donors (Lipinski definition) is 0. The zero-order chi connectivity index (χ0) is 7.98. The average molecular weight is 138 g/mol. The first-order valence-corrected chi connectivity index (χ1v) is 4.01. The van der Waals surface area contributed by atoms with E-state index in [1.165, 1.54) is 12.0 Å². The standard InChI is InChI=1S/C10H18/c1-5-7-8-10(4)9(3)6-2/h5,7-9H,6H2,1-4H3/b7-5-,10-8-. The van der Waals surface area contributed by atoms with Gasteiger partial charge in [-0.2, -0.15) is 0 Å². The second-order valence-corrected chi connectivity index (χ2v) is 2.75. The van der Waals surface area contributed by atoms with Crippen LogP contribution in [0.1, 0.15) is 34.1 Å². The largest absolute Gasteiger partial charge is 0.0877 e. The highest BCUT2D eigenvalue weighted by Gasteiger charge is 1.97. The van der Waals surface area contributed by atoms with Gasteiger partial charge in [-0.05, 0) is 26.2 Å². The van der Waals surface area contributed by atoms with Crippen molar-refractivity contribution in [3.05, 3.63) is 23.8 Å². The molecule has 0 bridgehead atoms. The van der Waals surface area contributed by atoms with Crippen molar-refractivity contribution < 1.29 is 0 Å². The molecular formula is C10H18. The molecule has 0 nitrogen and oxygen atoms in total. The summed E-state index contributed by atoms with van der Waals surface area (Å²) in [5.74, 6) is 0.733. The number of allylic oxidation sites excluding steroid dienone is 4. The van der Waals surface area contributed by atoms with Gasteiger partial charge in [-0.15, -0.1) is 0 Å². The molecule has 0 aliphatic heterocycles. The van der Waals surface area contributed by atoms with Crippen molar-refractivity contribution in [1.82, 2.24) is 0 Å². The monoisotopic (exact) mass is 138 g/mol. The Labute approximate surface area is 64.6 Å². The Morgan fingerprint density at radius 1 is 1.50 bits per heavy atom. The van der Waals surface area contributed by atoms with Gasteiger partial charge in [0.15, 0.2) is 0 Å². The molecule has 0 spiro atoms. The maximum Gasteiger partial charge on any atom is -0.0234 e. The molecule has 0 saturated heterocycles. The average Bonchev–Trinajstić information content (AvgIpc) is 1.98. The predicted molar refractivity (Wildman–Crippen MR) is 48.0 cm³/mol. The van der Waals surface area contributed by atoms with E-state index in [0.29, 0.717) is 0 Å². The molecule has 0 amide bonds. The van der Waals surface area contributed by atoms with E-state index in [-0.39, 0.29) is 0 Å². The third kappa shape index (κ3) is 3.49. The van der Waals surface area contributed by atoms with Crippen LogP contribution in [0.4, 0.5) is 0 Å². The Morgan fingerprint density at radius 2 is 2.10 bits per heavy atom. The second-order valence-electron chi connectivity index (χ2n) is 2.75. The first-order valence-electron chi connectivity index (χ1n) is 4.01. The maximum atomic E-state index is 2.26. The van der Waals surface area contributed by atoms with Crippen molar-refractivity contribution in [2.45, 2.75) is 34.1 Å². The van der Waals surface area contributed by atoms with Crippen molar-refractivity contribution in [2.75, 3.05) is 0 Å². The van der Waals surface area contributed by atoms with Gasteiger partial charge >= 0.3 is 0 Å². The molecule has 0 aliphatic carbocycles. The van der Waals surface area contributed by atoms with Gasteiger partial charge in [-0.25, -0.2) is 0 Å². The lowest BCUT2D eigenvalue weighted by atomic mass is 10.00. The minimum atomic E-state index is 0.733. The number of hydrogen-bond acceptors (Lipinski definition) is 0. The van der Waals surface area contributed by atoms with Crippen LogP contribution in [0.2, 0.25) is 0 Å². The molecule has 58 valence electrons. The Hall–Kier alpha value is -0.520. The van der Waals surface area contributed by atoms with Crippen LogP contribution in [0.5, 0.6) is 0 Å². The molecule has 0 radical (unpaired) electrons. The van der Waals surface area contributed by atoms with E-state index < -0.39 is 0 Å². The molecule has 10 heavy (non-hydrogen) atoms. The topological polar surface area (TPSA) is 0 Å². The Morgan fingerprint density at radius 3 is 2.50 bits per heavy atom. The van der Waals surface area contributed by atoms with Crippen LogP contribution in [-0.4, -0.2) is 0 Å². The zero-order valence-electron chi connectivity index (χ0n) is 7.52. The van der Waals surface area contributed by atoms with Crippen molar-refractivity contribution >= 4 is 0 Å². The number of rotatable bonds is 3. The highest BCUT2D eigenvalue weighted by Crippen LogP contribution is 2.12. The third-order valence-electron chi connectivity index (χ3n) is 1.94. The Bertz CT molecular complexity index is 129. The summed E-state index contributed by atoms with van der Waals surface area (Å²) in [6.45, 7) is 8.71. The summed E-state index contributed by atoms with van der Waals surface area (Å²) in [7, 11) is 0. The summed E-state index contributed by atoms with van der Waals surface area (Å²) in [5.41, 5.74) is 1.47. The fourth-order valence-electron chi connectivity index (χ4n) is 0.734. The molecule has 1 atom stereocenters. The van der Waals surface area contributed by atoms with Crippen LogP contribution in [0.3, 0.4) is 0 Å². The molecule has 0 heterocycles. The van der Waals surface area contributed by atoms with Crippen LogP contribution in [0.15, 0.2) is 23.8 Å². The lowest BCUT2D eigenvalue weighted by Gasteiger charge is -2.06. The van der Waals surface area contributed by atoms with Gasteiger partial charge in [0.2, 0.25) is 0 Å². The van der Waals surface area contributed by atoms with Gasteiger partial charge in [0, 0.05) is 0 Å². The molecule has 0 N–H and O–H groups in total. The maximum absolute atomic E-state index is 2.26. The fraction of sp³-hybridized carbons (Fsp3) is 0.600. The van der Waals surface area contributed by atoms with Crippen molar-refractivity contribution in [2.24, 2.45) is 5.92 Å². The molecule has 0 fully saturated rings. The lowest BCUT2D eigenvalue weighted by molar-refractivity contribution is 0.655. The van der Waals surface area contributed by atoms with Gasteiger partial charge in [-0.1, -0.05) is 37.6 Å². The van der Waals surface area contributed by atoms with Crippen LogP contribution in [0.25, 0.3) is 0 Å². The second kappa shape index (κ2) is 5.28. The van der Waals surface area contributed by atoms with Gasteiger partial charge in [0.1, 0.15) is 0 Å². The Balaban J connectivity index is 3.91. The first-order chi connectivity index (χ1) is 4.72. The minimum Gasteiger partial charge on any atom is -0.0877 e. The summed E-state index contributed by atoms with van der Waals surface area (Å²) < 4.78 is 0. The molecule has 0 saturated carbocycles. The van der Waals surface area contributed by atoms with Crippen LogP contribution in [0, 0.1) is 5.92 Å². The highest BCUT2D eigenvalue weighted by molar-refractivity contribution is 5.11. The lowest BCUT2D eigenvalue weighted by Crippen LogP contribution is -1.92. The summed E-state index contributed by atoms with van der Waals surface area (Å²) >= 11 is 0. The molecule has 0 heteroatoms. The molecule has 0 rings (SSSR count). The van der Waals surface area contributed by atoms with E-state index in [4.69, 9.17) is 0 Å². The van der Waals surface area contributed by atoms with E-state index in [0.717, 1.165) is 5.92 Å². The van der Waals surface area contributed by atoms with Crippen molar-refractivity contribution in [1.29, 1.82) is 0 Å². The highest BCUT2D eigenvalue weighted by atomic mass is 14.0. The van der Waals surface area contributed by atoms with E-state index in [9.17, 15) is 0 Å². The molecule has 0 aromatic carbocycles. The van der Waals surface area contributed by atoms with E-state index in [1.54, 1.807) is 0 Å². The van der Waals surface area contributed by atoms with Gasteiger partial charge < -0.3 is 0 Å². The predicted octanol–water partition coefficient (Wildman–Crippen LogP) is 3.55. The summed E-state index contributed by atoms with van der Waals surface area (Å²) in [6.07, 6.45) is 7.58. The van der Waals surface area contributed by atoms with Gasteiger partial charge in [0.05, 0.1) is 0 Å². The molecular weight excluding hydrogens is 120 g/mol. The van der Waals surface area contributed by atoms with E-state index in [2.05, 4.69) is 39.0 Å². The SMILES string of the molecule is C/C=C\C=C(\C)C(C)CC. The van der Waals surface area contributed by atoms with E-state index >= 15 is 0 Å². The Kier molecular flexibility index (Phi) is 5.00. The molecule has 0 aromatic rings. The fourth-order valence-corrected chi connectivity index (χ4v) is 0.734. The molecule has 0 aromatic heterocycles. The summed E-state index contributed by atoms with van der Waals surface area (Å²) in [6, 6.07) is 0. The first kappa shape index (κ1) is 9.48. The molecule has 1 unspecified atom stereocenters. The van der Waals surface area contributed by atoms with Crippen molar-refractivity contribution in [3.63, 3.8) is 0 Å². The third-order valence-corrected chi connectivity index (χ3v) is 1.94. The van der Waals surface area contributed by atoms with Crippen LogP contribution < -0.4 is 0 Å². The van der Waals surface area contributed by atoms with Crippen molar-refractivity contribution in [3.8, 4) is 0 Å². The zero-order valence-corrected chi connectivity index (χ0v) is 7.52. The summed E-state index contributed by atoms with van der Waals surface area (Å²) in [4.78, 5) is 0. The van der Waals surface area contributed by atoms with Gasteiger partial charge in [-0.3, -0.25) is 0 Å². The van der Waals surface area contributed by atoms with E-state index in [1.807, 2.05) is 6.92 Å². The smallest absolute Gasteiger partial charge is 0.0234 e. The normalized spacial score (nSPS) is 16.2. The van der Waals surface area contributed by atoms with Crippen LogP contribution in [-0.2, 0) is 0 Å². The minimum absolute atomic E-state index is 0.733. The van der Waals surface area contributed by atoms with Crippen LogP contribution >= 0.6 is 0 Å². The molecule has 0 aliphatic rings.